The third-order valence-electron chi connectivity index (χ3n) is 15.9. The lowest BCUT2D eigenvalue weighted by Gasteiger charge is -2.65. The first-order valence-corrected chi connectivity index (χ1v) is 17.6. The monoisotopic (exact) mass is 636 g/mol. The number of aliphatic hydroxyl groups excluding tert-OH is 5. The van der Waals surface area contributed by atoms with Crippen LogP contribution in [0.5, 0.6) is 0 Å². The Labute approximate surface area is 266 Å². The van der Waals surface area contributed by atoms with Crippen molar-refractivity contribution in [1.29, 1.82) is 0 Å². The topological polar surface area (TPSA) is 158 Å². The highest BCUT2D eigenvalue weighted by molar-refractivity contribution is 5.36. The predicted molar refractivity (Wildman–Crippen MR) is 160 cm³/mol. The maximum atomic E-state index is 12.7. The Morgan fingerprint density at radius 3 is 2.22 bits per heavy atom. The van der Waals surface area contributed by atoms with Crippen molar-refractivity contribution in [3.8, 4) is 0 Å². The highest BCUT2D eigenvalue weighted by Gasteiger charge is 2.89. The predicted octanol–water partition coefficient (Wildman–Crippen LogP) is 2.09. The average molecular weight is 637 g/mol. The summed E-state index contributed by atoms with van der Waals surface area (Å²) in [5.41, 5.74) is -2.78. The molecule has 18 atom stereocenters. The quantitative estimate of drug-likeness (QED) is 0.254. The van der Waals surface area contributed by atoms with Crippen LogP contribution in [0, 0.1) is 50.7 Å². The van der Waals surface area contributed by atoms with Gasteiger partial charge in [0, 0.05) is 16.7 Å². The van der Waals surface area contributed by atoms with Gasteiger partial charge in [-0.2, -0.15) is 0 Å². The molecule has 3 saturated heterocycles. The number of hydrogen-bond acceptors (Lipinski definition) is 10. The summed E-state index contributed by atoms with van der Waals surface area (Å²) in [6, 6.07) is 0. The molecular formula is C35H56O10. The fourth-order valence-electron chi connectivity index (χ4n) is 14.0. The van der Waals surface area contributed by atoms with E-state index in [2.05, 4.69) is 34.6 Å². The minimum Gasteiger partial charge on any atom is -0.393 e. The largest absolute Gasteiger partial charge is 0.393 e. The molecule has 10 heteroatoms. The van der Waals surface area contributed by atoms with Crippen LogP contribution in [0.15, 0.2) is 0 Å². The van der Waals surface area contributed by atoms with Gasteiger partial charge in [0.25, 0.3) is 0 Å². The normalized spacial score (nSPS) is 62.7. The second-order valence-electron chi connectivity index (χ2n) is 18.4. The molecule has 0 aromatic heterocycles. The van der Waals surface area contributed by atoms with Crippen LogP contribution >= 0.6 is 0 Å². The number of ether oxygens (including phenoxy) is 4. The Hall–Kier alpha value is -0.400. The van der Waals surface area contributed by atoms with E-state index in [0.29, 0.717) is 12.3 Å². The molecule has 3 heterocycles. The van der Waals surface area contributed by atoms with Crippen molar-refractivity contribution in [2.24, 2.45) is 50.7 Å². The molecule has 0 amide bonds. The lowest BCUT2D eigenvalue weighted by molar-refractivity contribution is -0.304. The standard InChI is InChI=1S/C35H56O10/c1-16-12-18-26(30(4,5)41)45-35(44-18)25(16)32(7)21(37)13-34-15-33(34)11-10-22(43-27-24(39)23(38)17(36)14-42-27)29(2,3)19(33)8-9-20(34)31(32,6)28(35)40/h16-28,36-41H,8-15H2,1-7H3/t16?,17-,18?,19?,20?,21?,22-,23-,24+,25?,26+,27+,28+,31+,32+,33?,34?,35-/m0/s1. The van der Waals surface area contributed by atoms with E-state index in [1.165, 1.54) is 0 Å². The van der Waals surface area contributed by atoms with E-state index >= 15 is 0 Å². The molecule has 3 spiro atoms. The lowest BCUT2D eigenvalue weighted by atomic mass is 9.40. The molecule has 8 aliphatic rings. The first-order chi connectivity index (χ1) is 20.8. The van der Waals surface area contributed by atoms with Gasteiger partial charge in [-0.15, -0.1) is 0 Å². The van der Waals surface area contributed by atoms with Crippen molar-refractivity contribution in [3.63, 3.8) is 0 Å². The smallest absolute Gasteiger partial charge is 0.199 e. The van der Waals surface area contributed by atoms with Crippen molar-refractivity contribution in [1.82, 2.24) is 0 Å². The minimum atomic E-state index is -1.32. The molecule has 5 saturated carbocycles. The maximum Gasteiger partial charge on any atom is 0.199 e. The van der Waals surface area contributed by atoms with Crippen LogP contribution in [0.25, 0.3) is 0 Å². The summed E-state index contributed by atoms with van der Waals surface area (Å²) in [5.74, 6) is -0.820. The second kappa shape index (κ2) is 9.23. The van der Waals surface area contributed by atoms with E-state index in [1.54, 1.807) is 13.8 Å². The van der Waals surface area contributed by atoms with Crippen LogP contribution in [0.4, 0.5) is 0 Å². The average Bonchev–Trinajstić information content (AvgIpc) is 3.44. The number of aliphatic hydroxyl groups is 6. The first kappa shape index (κ1) is 31.8. The Morgan fingerprint density at radius 2 is 1.53 bits per heavy atom. The van der Waals surface area contributed by atoms with E-state index in [4.69, 9.17) is 18.9 Å². The number of hydrogen-bond donors (Lipinski definition) is 6. The summed E-state index contributed by atoms with van der Waals surface area (Å²) >= 11 is 0. The zero-order chi connectivity index (χ0) is 32.5. The van der Waals surface area contributed by atoms with Crippen molar-refractivity contribution in [2.75, 3.05) is 6.61 Å². The Bertz CT molecular complexity index is 1240. The fourth-order valence-corrected chi connectivity index (χ4v) is 14.0. The second-order valence-corrected chi connectivity index (χ2v) is 18.4. The Balaban J connectivity index is 1.12. The summed E-state index contributed by atoms with van der Waals surface area (Å²) in [7, 11) is 0. The van der Waals surface area contributed by atoms with Gasteiger partial charge in [-0.25, -0.2) is 0 Å². The van der Waals surface area contributed by atoms with Crippen LogP contribution in [0.2, 0.25) is 0 Å². The summed E-state index contributed by atoms with van der Waals surface area (Å²) in [4.78, 5) is 0. The van der Waals surface area contributed by atoms with Gasteiger partial charge >= 0.3 is 0 Å². The van der Waals surface area contributed by atoms with Crippen molar-refractivity contribution in [3.05, 3.63) is 0 Å². The molecule has 0 radical (unpaired) electrons. The zero-order valence-corrected chi connectivity index (χ0v) is 28.0. The zero-order valence-electron chi connectivity index (χ0n) is 28.0. The molecule has 6 N–H and O–H groups in total. The first-order valence-electron chi connectivity index (χ1n) is 17.6. The molecule has 2 bridgehead atoms. The van der Waals surface area contributed by atoms with E-state index in [9.17, 15) is 30.6 Å². The molecule has 8 rings (SSSR count). The van der Waals surface area contributed by atoms with Crippen molar-refractivity contribution < 1.29 is 49.6 Å². The lowest BCUT2D eigenvalue weighted by Crippen LogP contribution is -2.64. The molecule has 0 aromatic carbocycles. The van der Waals surface area contributed by atoms with Gasteiger partial charge in [0.05, 0.1) is 30.5 Å². The summed E-state index contributed by atoms with van der Waals surface area (Å²) in [6.07, 6.45) is -1.40. The van der Waals surface area contributed by atoms with Gasteiger partial charge in [-0.3, -0.25) is 0 Å². The highest BCUT2D eigenvalue weighted by Crippen LogP contribution is 2.90. The summed E-state index contributed by atoms with van der Waals surface area (Å²) in [6.45, 7) is 14.5. The third-order valence-corrected chi connectivity index (χ3v) is 15.9. The van der Waals surface area contributed by atoms with E-state index in [0.717, 1.165) is 38.5 Å². The van der Waals surface area contributed by atoms with Crippen LogP contribution in [0.3, 0.4) is 0 Å². The van der Waals surface area contributed by atoms with Crippen LogP contribution in [-0.4, -0.2) is 104 Å². The van der Waals surface area contributed by atoms with Gasteiger partial charge in [-0.1, -0.05) is 34.6 Å². The van der Waals surface area contributed by atoms with Gasteiger partial charge in [0.15, 0.2) is 12.1 Å². The number of rotatable bonds is 3. The van der Waals surface area contributed by atoms with Crippen molar-refractivity contribution in [2.45, 2.75) is 160 Å². The third kappa shape index (κ3) is 3.51. The maximum absolute atomic E-state index is 12.7. The van der Waals surface area contributed by atoms with Gasteiger partial charge in [-0.05, 0) is 92.8 Å². The van der Waals surface area contributed by atoms with Gasteiger partial charge in [0.2, 0.25) is 0 Å². The molecule has 256 valence electrons. The van der Waals surface area contributed by atoms with Crippen LogP contribution < -0.4 is 0 Å². The fraction of sp³-hybridized carbons (Fsp3) is 1.00. The number of fused-ring (bicyclic) bond motifs is 4. The molecule has 10 nitrogen and oxygen atoms in total. The Kier molecular flexibility index (Phi) is 6.53. The molecule has 3 aliphatic heterocycles. The SMILES string of the molecule is CC1CC2O[C@]3(O[C@H]2C(C)(C)O)C1[C@@]1(C)C(O)CC24CC25CC[C@H](O[C@H]2OC[C@H](O)[C@H](O)[C@H]2O)C(C)(C)C5CCC4[C@]1(C)[C@H]3O. The summed E-state index contributed by atoms with van der Waals surface area (Å²) in [5, 5.41) is 67.0. The Morgan fingerprint density at radius 1 is 0.844 bits per heavy atom. The van der Waals surface area contributed by atoms with Crippen molar-refractivity contribution >= 4 is 0 Å². The van der Waals surface area contributed by atoms with Crippen LogP contribution in [-0.2, 0) is 18.9 Å². The van der Waals surface area contributed by atoms with Gasteiger partial charge in [0.1, 0.15) is 30.5 Å². The molecule has 8 unspecified atom stereocenters. The van der Waals surface area contributed by atoms with Gasteiger partial charge < -0.3 is 49.6 Å². The molecule has 8 fully saturated rings. The van der Waals surface area contributed by atoms with E-state index < -0.39 is 65.1 Å². The molecule has 5 aliphatic carbocycles. The molecule has 0 aromatic rings. The molecular weight excluding hydrogens is 580 g/mol. The minimum absolute atomic E-state index is 0.0126. The summed E-state index contributed by atoms with van der Waals surface area (Å²) < 4.78 is 25.6. The van der Waals surface area contributed by atoms with E-state index in [1.807, 2.05) is 0 Å². The highest BCUT2D eigenvalue weighted by atomic mass is 16.8. The van der Waals surface area contributed by atoms with E-state index in [-0.39, 0.29) is 52.8 Å². The van der Waals surface area contributed by atoms with Crippen LogP contribution in [0.1, 0.15) is 93.4 Å². The molecule has 45 heavy (non-hydrogen) atoms.